The van der Waals surface area contributed by atoms with E-state index in [9.17, 15) is 4.79 Å². The Hall–Kier alpha value is -3.61. The van der Waals surface area contributed by atoms with Gasteiger partial charge in [-0.25, -0.2) is 9.97 Å². The summed E-state index contributed by atoms with van der Waals surface area (Å²) < 4.78 is 15.3. The monoisotopic (exact) mass is 587 g/mol. The van der Waals surface area contributed by atoms with Crippen LogP contribution in [0, 0.1) is 0 Å². The van der Waals surface area contributed by atoms with E-state index in [1.807, 2.05) is 39.0 Å². The Kier molecular flexibility index (Phi) is 7.10. The number of anilines is 1. The van der Waals surface area contributed by atoms with Gasteiger partial charge in [0.05, 0.1) is 37.4 Å². The largest absolute Gasteiger partial charge is 0.465 e. The van der Waals surface area contributed by atoms with Gasteiger partial charge in [0.1, 0.15) is 17.2 Å². The van der Waals surface area contributed by atoms with Gasteiger partial charge in [0, 0.05) is 51.7 Å². The molecule has 3 aliphatic rings. The Morgan fingerprint density at radius 2 is 1.81 bits per heavy atom. The Morgan fingerprint density at radius 1 is 1.02 bits per heavy atom. The normalized spacial score (nSPS) is 21.5. The molecular formula is C31H41N9O3. The maximum atomic E-state index is 12.7. The standard InChI is InChI=1S/C31H41N9O3/c1-6-24-32-22-10-8-9-11-23(22)40(24)30-34-27-26(28(35-30)37-12-14-42-15-13-37)33-25(36(27)5)19-38-17-21-16-20(38)18-39(21)31(3,4)29(41)43-7-2/h8-11,20-21H,6-7,12-19H2,1-5H3/t20-,21-/m1/s1. The number of likely N-dealkylation sites (tertiary alicyclic amines) is 2. The SMILES string of the molecule is CCOC(=O)C(C)(C)N1C[C@H]2C[C@@H]1CN2Cc1nc2c(N3CCOCC3)nc(-n3c(CC)nc4ccccc43)nc2n1C. The molecule has 228 valence electrons. The Morgan fingerprint density at radius 3 is 2.53 bits per heavy atom. The second-order valence-corrected chi connectivity index (χ2v) is 12.3. The maximum Gasteiger partial charge on any atom is 0.325 e. The van der Waals surface area contributed by atoms with Crippen LogP contribution in [0.5, 0.6) is 0 Å². The first-order chi connectivity index (χ1) is 20.8. The molecule has 43 heavy (non-hydrogen) atoms. The lowest BCUT2D eigenvalue weighted by Crippen LogP contribution is -2.58. The van der Waals surface area contributed by atoms with Crippen molar-refractivity contribution in [1.29, 1.82) is 0 Å². The molecule has 7 rings (SSSR count). The van der Waals surface area contributed by atoms with E-state index in [0.717, 1.165) is 78.7 Å². The summed E-state index contributed by atoms with van der Waals surface area (Å²) in [7, 11) is 2.06. The smallest absolute Gasteiger partial charge is 0.325 e. The fourth-order valence-electron chi connectivity index (χ4n) is 7.09. The molecule has 0 aliphatic carbocycles. The minimum Gasteiger partial charge on any atom is -0.465 e. The number of ether oxygens (including phenoxy) is 2. The molecule has 12 heteroatoms. The average Bonchev–Trinajstić information content (AvgIpc) is 3.79. The van der Waals surface area contributed by atoms with Crippen LogP contribution in [0.4, 0.5) is 5.82 Å². The number of hydrogen-bond donors (Lipinski definition) is 0. The van der Waals surface area contributed by atoms with Crippen LogP contribution in [0.1, 0.15) is 45.8 Å². The van der Waals surface area contributed by atoms with E-state index < -0.39 is 5.54 Å². The molecule has 3 aliphatic heterocycles. The highest BCUT2D eigenvalue weighted by molar-refractivity contribution is 5.86. The summed E-state index contributed by atoms with van der Waals surface area (Å²) >= 11 is 0. The second kappa shape index (κ2) is 10.8. The number of hydrogen-bond acceptors (Lipinski definition) is 10. The number of morpholine rings is 1. The van der Waals surface area contributed by atoms with Crippen molar-refractivity contribution in [2.24, 2.45) is 7.05 Å². The van der Waals surface area contributed by atoms with Crippen LogP contribution >= 0.6 is 0 Å². The summed E-state index contributed by atoms with van der Waals surface area (Å²) in [5, 5.41) is 0. The molecule has 0 saturated carbocycles. The van der Waals surface area contributed by atoms with E-state index >= 15 is 0 Å². The Bertz CT molecular complexity index is 1670. The third-order valence-corrected chi connectivity index (χ3v) is 9.43. The van der Waals surface area contributed by atoms with E-state index in [-0.39, 0.29) is 5.97 Å². The van der Waals surface area contributed by atoms with Gasteiger partial charge >= 0.3 is 5.97 Å². The van der Waals surface area contributed by atoms with Crippen LogP contribution in [-0.4, -0.2) is 108 Å². The number of carbonyl (C=O) groups is 1. The summed E-state index contributed by atoms with van der Waals surface area (Å²) in [6.07, 6.45) is 1.81. The van der Waals surface area contributed by atoms with Gasteiger partial charge in [0.25, 0.3) is 0 Å². The van der Waals surface area contributed by atoms with Crippen molar-refractivity contribution in [2.45, 2.75) is 64.7 Å². The molecule has 0 spiro atoms. The number of piperazine rings is 1. The molecule has 3 fully saturated rings. The van der Waals surface area contributed by atoms with Crippen LogP contribution in [0.25, 0.3) is 28.1 Å². The average molecular weight is 588 g/mol. The van der Waals surface area contributed by atoms with Crippen molar-refractivity contribution in [3.05, 3.63) is 35.9 Å². The molecule has 6 heterocycles. The summed E-state index contributed by atoms with van der Waals surface area (Å²) in [6.45, 7) is 13.6. The quantitative estimate of drug-likeness (QED) is 0.286. The maximum absolute atomic E-state index is 12.7. The lowest BCUT2D eigenvalue weighted by atomic mass is 10.0. The molecule has 3 saturated heterocycles. The van der Waals surface area contributed by atoms with Gasteiger partial charge < -0.3 is 18.9 Å². The lowest BCUT2D eigenvalue weighted by Gasteiger charge is -2.42. The van der Waals surface area contributed by atoms with Crippen molar-refractivity contribution >= 4 is 34.0 Å². The van der Waals surface area contributed by atoms with E-state index in [1.54, 1.807) is 0 Å². The molecule has 0 amide bonds. The number of nitrogens with zero attached hydrogens (tertiary/aromatic N) is 9. The van der Waals surface area contributed by atoms with Crippen LogP contribution < -0.4 is 4.90 Å². The summed E-state index contributed by atoms with van der Waals surface area (Å²) in [6, 6.07) is 8.83. The Labute approximate surface area is 251 Å². The van der Waals surface area contributed by atoms with E-state index in [2.05, 4.69) is 43.9 Å². The number of benzene rings is 1. The van der Waals surface area contributed by atoms with Gasteiger partial charge in [-0.2, -0.15) is 9.97 Å². The fourth-order valence-corrected chi connectivity index (χ4v) is 7.09. The van der Waals surface area contributed by atoms with E-state index in [1.165, 1.54) is 0 Å². The predicted octanol–water partition coefficient (Wildman–Crippen LogP) is 2.70. The lowest BCUT2D eigenvalue weighted by molar-refractivity contribution is -0.157. The molecule has 12 nitrogen and oxygen atoms in total. The minimum atomic E-state index is -0.632. The summed E-state index contributed by atoms with van der Waals surface area (Å²) in [5.41, 5.74) is 2.94. The van der Waals surface area contributed by atoms with Crippen LogP contribution in [-0.2, 0) is 34.3 Å². The number of carbonyl (C=O) groups excluding carboxylic acids is 1. The molecular weight excluding hydrogens is 546 g/mol. The third kappa shape index (κ3) is 4.67. The van der Waals surface area contributed by atoms with E-state index in [4.69, 9.17) is 29.4 Å². The third-order valence-electron chi connectivity index (χ3n) is 9.43. The van der Waals surface area contributed by atoms with Crippen molar-refractivity contribution in [3.63, 3.8) is 0 Å². The van der Waals surface area contributed by atoms with Gasteiger partial charge in [-0.15, -0.1) is 0 Å². The van der Waals surface area contributed by atoms with Crippen LogP contribution in [0.2, 0.25) is 0 Å². The van der Waals surface area contributed by atoms with Crippen molar-refractivity contribution in [3.8, 4) is 5.95 Å². The minimum absolute atomic E-state index is 0.147. The van der Waals surface area contributed by atoms with Crippen LogP contribution in [0.15, 0.2) is 24.3 Å². The van der Waals surface area contributed by atoms with Gasteiger partial charge in [0.2, 0.25) is 5.95 Å². The number of imidazole rings is 2. The first-order valence-electron chi connectivity index (χ1n) is 15.5. The number of aryl methyl sites for hydroxylation is 2. The predicted molar refractivity (Wildman–Crippen MR) is 163 cm³/mol. The molecule has 2 bridgehead atoms. The second-order valence-electron chi connectivity index (χ2n) is 12.3. The molecule has 1 aromatic carbocycles. The highest BCUT2D eigenvalue weighted by Crippen LogP contribution is 2.37. The highest BCUT2D eigenvalue weighted by Gasteiger charge is 2.51. The molecule has 0 unspecified atom stereocenters. The van der Waals surface area contributed by atoms with Crippen molar-refractivity contribution in [2.75, 3.05) is 50.9 Å². The molecule has 0 radical (unpaired) electrons. The number of esters is 1. The van der Waals surface area contributed by atoms with Gasteiger partial charge in [0.15, 0.2) is 17.0 Å². The van der Waals surface area contributed by atoms with E-state index in [0.29, 0.717) is 44.4 Å². The zero-order chi connectivity index (χ0) is 29.9. The fraction of sp³-hybridized carbons (Fsp3) is 0.581. The van der Waals surface area contributed by atoms with Crippen LogP contribution in [0.3, 0.4) is 0 Å². The molecule has 0 N–H and O–H groups in total. The molecule has 4 aromatic rings. The zero-order valence-electron chi connectivity index (χ0n) is 25.8. The molecule has 2 atom stereocenters. The van der Waals surface area contributed by atoms with Gasteiger partial charge in [-0.3, -0.25) is 19.2 Å². The number of aromatic nitrogens is 6. The molecule has 3 aromatic heterocycles. The van der Waals surface area contributed by atoms with Gasteiger partial charge in [-0.05, 0) is 39.3 Å². The topological polar surface area (TPSA) is 107 Å². The van der Waals surface area contributed by atoms with Crippen molar-refractivity contribution in [1.82, 2.24) is 38.9 Å². The number of fused-ring (bicyclic) bond motifs is 4. The number of rotatable bonds is 8. The highest BCUT2D eigenvalue weighted by atomic mass is 16.5. The van der Waals surface area contributed by atoms with Crippen molar-refractivity contribution < 1.29 is 14.3 Å². The number of para-hydroxylation sites is 2. The first kappa shape index (κ1) is 28.2. The Balaban J connectivity index is 1.24. The van der Waals surface area contributed by atoms with Gasteiger partial charge in [-0.1, -0.05) is 19.1 Å². The zero-order valence-corrected chi connectivity index (χ0v) is 25.8. The summed E-state index contributed by atoms with van der Waals surface area (Å²) in [4.78, 5) is 40.2. The first-order valence-corrected chi connectivity index (χ1v) is 15.5. The summed E-state index contributed by atoms with van der Waals surface area (Å²) in [5.74, 6) is 3.21.